The van der Waals surface area contributed by atoms with E-state index in [1.165, 1.54) is 30.6 Å². The van der Waals surface area contributed by atoms with Gasteiger partial charge in [-0.15, -0.1) is 0 Å². The molecule has 6 unspecified atom stereocenters. The maximum Gasteiger partial charge on any atom is 0.0500 e. The molecule has 1 N–H and O–H groups in total. The molecule has 0 amide bonds. The molecule has 2 aliphatic heterocycles. The number of anilines is 1. The molecule has 1 aromatic carbocycles. The second kappa shape index (κ2) is 5.87. The standard InChI is InChI=1S/C23H34N2/c1-6-13-25-14-9-12-22(19(25)5)15-16(2)23(18(22)4)17(3)20-10-7-8-11-21(20)24-23/h7-12,16-19,24H,6,13-15H2,1-5H3. The van der Waals surface area contributed by atoms with Gasteiger partial charge < -0.3 is 5.32 Å². The van der Waals surface area contributed by atoms with E-state index in [4.69, 9.17) is 0 Å². The molecule has 0 aromatic heterocycles. The quantitative estimate of drug-likeness (QED) is 0.737. The van der Waals surface area contributed by atoms with Crippen LogP contribution in [-0.4, -0.2) is 29.6 Å². The lowest BCUT2D eigenvalue weighted by Crippen LogP contribution is -2.54. The van der Waals surface area contributed by atoms with Crippen molar-refractivity contribution in [3.05, 3.63) is 42.0 Å². The van der Waals surface area contributed by atoms with Crippen molar-refractivity contribution in [2.75, 3.05) is 18.4 Å². The Hall–Kier alpha value is -1.28. The molecule has 0 radical (unpaired) electrons. The molecule has 2 heterocycles. The first-order chi connectivity index (χ1) is 12.0. The van der Waals surface area contributed by atoms with Crippen molar-refractivity contribution >= 4 is 5.69 Å². The third kappa shape index (κ3) is 2.13. The molecule has 25 heavy (non-hydrogen) atoms. The molecule has 0 bridgehead atoms. The van der Waals surface area contributed by atoms with E-state index in [9.17, 15) is 0 Å². The van der Waals surface area contributed by atoms with Crippen LogP contribution in [-0.2, 0) is 0 Å². The summed E-state index contributed by atoms with van der Waals surface area (Å²) in [7, 11) is 0. The first-order valence-electron chi connectivity index (χ1n) is 10.3. The van der Waals surface area contributed by atoms with Crippen LogP contribution in [0.3, 0.4) is 0 Å². The highest BCUT2D eigenvalue weighted by Crippen LogP contribution is 2.64. The maximum atomic E-state index is 4.05. The van der Waals surface area contributed by atoms with Crippen LogP contribution in [0.4, 0.5) is 5.69 Å². The fourth-order valence-corrected chi connectivity index (χ4v) is 6.73. The summed E-state index contributed by atoms with van der Waals surface area (Å²) in [6, 6.07) is 9.59. The summed E-state index contributed by atoms with van der Waals surface area (Å²) in [5, 5.41) is 4.05. The summed E-state index contributed by atoms with van der Waals surface area (Å²) in [5.41, 5.74) is 3.34. The number of fused-ring (bicyclic) bond motifs is 1. The molecule has 2 heteroatoms. The number of nitrogens with zero attached hydrogens (tertiary/aromatic N) is 1. The van der Waals surface area contributed by atoms with Crippen LogP contribution in [0.25, 0.3) is 0 Å². The Morgan fingerprint density at radius 1 is 1.16 bits per heavy atom. The zero-order valence-electron chi connectivity index (χ0n) is 16.5. The minimum Gasteiger partial charge on any atom is -0.378 e. The Morgan fingerprint density at radius 2 is 1.92 bits per heavy atom. The minimum atomic E-state index is 0.178. The summed E-state index contributed by atoms with van der Waals surface area (Å²) in [6.07, 6.45) is 7.57. The Kier molecular flexibility index (Phi) is 4.03. The van der Waals surface area contributed by atoms with Gasteiger partial charge in [0.1, 0.15) is 0 Å². The van der Waals surface area contributed by atoms with Crippen molar-refractivity contribution in [2.45, 2.75) is 65.0 Å². The van der Waals surface area contributed by atoms with Crippen molar-refractivity contribution in [3.63, 3.8) is 0 Å². The van der Waals surface area contributed by atoms with Gasteiger partial charge in [-0.2, -0.15) is 0 Å². The third-order valence-corrected chi connectivity index (χ3v) is 8.10. The summed E-state index contributed by atoms with van der Waals surface area (Å²) in [5.74, 6) is 1.84. The van der Waals surface area contributed by atoms with E-state index in [1.54, 1.807) is 0 Å². The molecule has 3 aliphatic rings. The predicted molar refractivity (Wildman–Crippen MR) is 107 cm³/mol. The number of benzene rings is 1. The molecule has 2 nitrogen and oxygen atoms in total. The van der Waals surface area contributed by atoms with Gasteiger partial charge in [0.2, 0.25) is 0 Å². The molecule has 136 valence electrons. The highest BCUT2D eigenvalue weighted by molar-refractivity contribution is 5.63. The van der Waals surface area contributed by atoms with E-state index < -0.39 is 0 Å². The van der Waals surface area contributed by atoms with E-state index in [0.29, 0.717) is 23.8 Å². The van der Waals surface area contributed by atoms with E-state index in [0.717, 1.165) is 6.54 Å². The average Bonchev–Trinajstić information content (AvgIpc) is 3.02. The molecular weight excluding hydrogens is 304 g/mol. The van der Waals surface area contributed by atoms with Gasteiger partial charge in [-0.3, -0.25) is 4.90 Å². The molecule has 4 rings (SSSR count). The van der Waals surface area contributed by atoms with Gasteiger partial charge in [0.25, 0.3) is 0 Å². The number of nitrogens with one attached hydrogen (secondary N) is 1. The molecule has 6 atom stereocenters. The van der Waals surface area contributed by atoms with E-state index in [2.05, 4.69) is 81.3 Å². The number of rotatable bonds is 2. The van der Waals surface area contributed by atoms with Crippen LogP contribution in [0.15, 0.2) is 36.4 Å². The highest BCUT2D eigenvalue weighted by atomic mass is 15.2. The largest absolute Gasteiger partial charge is 0.378 e. The second-order valence-corrected chi connectivity index (χ2v) is 8.88. The molecule has 1 aliphatic carbocycles. The van der Waals surface area contributed by atoms with Gasteiger partial charge in [-0.25, -0.2) is 0 Å². The van der Waals surface area contributed by atoms with Crippen LogP contribution in [0.2, 0.25) is 0 Å². The summed E-state index contributed by atoms with van der Waals surface area (Å²) < 4.78 is 0. The molecule has 0 saturated heterocycles. The van der Waals surface area contributed by atoms with Crippen LogP contribution in [0, 0.1) is 17.3 Å². The summed E-state index contributed by atoms with van der Waals surface area (Å²) >= 11 is 0. The molecular formula is C23H34N2. The lowest BCUT2D eigenvalue weighted by Gasteiger charge is -2.49. The molecule has 1 aromatic rings. The SMILES string of the molecule is CCCN1CC=CC2(CC(C)C3(Nc4ccccc4C3C)C2C)C1C. The zero-order chi connectivity index (χ0) is 17.8. The second-order valence-electron chi connectivity index (χ2n) is 8.88. The third-order valence-electron chi connectivity index (χ3n) is 8.10. The average molecular weight is 339 g/mol. The summed E-state index contributed by atoms with van der Waals surface area (Å²) in [6.45, 7) is 14.6. The monoisotopic (exact) mass is 338 g/mol. The van der Waals surface area contributed by atoms with Crippen molar-refractivity contribution in [1.82, 2.24) is 4.90 Å². The topological polar surface area (TPSA) is 15.3 Å². The fourth-order valence-electron chi connectivity index (χ4n) is 6.73. The number of para-hydroxylation sites is 1. The number of hydrogen-bond acceptors (Lipinski definition) is 2. The van der Waals surface area contributed by atoms with Crippen molar-refractivity contribution in [2.24, 2.45) is 17.3 Å². The van der Waals surface area contributed by atoms with Gasteiger partial charge in [0, 0.05) is 35.1 Å². The zero-order valence-corrected chi connectivity index (χ0v) is 16.5. The first kappa shape index (κ1) is 17.1. The highest BCUT2D eigenvalue weighted by Gasteiger charge is 2.64. The van der Waals surface area contributed by atoms with Crippen LogP contribution in [0.5, 0.6) is 0 Å². The van der Waals surface area contributed by atoms with Crippen LogP contribution in [0.1, 0.15) is 58.9 Å². The van der Waals surface area contributed by atoms with Gasteiger partial charge in [-0.1, -0.05) is 58.0 Å². The van der Waals surface area contributed by atoms with Crippen molar-refractivity contribution in [1.29, 1.82) is 0 Å². The maximum absolute atomic E-state index is 4.05. The lowest BCUT2D eigenvalue weighted by atomic mass is 9.65. The lowest BCUT2D eigenvalue weighted by molar-refractivity contribution is 0.0678. The summed E-state index contributed by atoms with van der Waals surface area (Å²) in [4.78, 5) is 2.70. The normalized spacial score (nSPS) is 42.9. The van der Waals surface area contributed by atoms with E-state index in [1.807, 2.05) is 0 Å². The predicted octanol–water partition coefficient (Wildman–Crippen LogP) is 5.29. The molecule has 1 saturated carbocycles. The van der Waals surface area contributed by atoms with Crippen LogP contribution < -0.4 is 5.32 Å². The van der Waals surface area contributed by atoms with Gasteiger partial charge in [0.15, 0.2) is 0 Å². The fraction of sp³-hybridized carbons (Fsp3) is 0.652. The van der Waals surface area contributed by atoms with E-state index in [-0.39, 0.29) is 11.0 Å². The van der Waals surface area contributed by atoms with Crippen molar-refractivity contribution in [3.8, 4) is 0 Å². The van der Waals surface area contributed by atoms with Crippen molar-refractivity contribution < 1.29 is 0 Å². The first-order valence-corrected chi connectivity index (χ1v) is 10.3. The smallest absolute Gasteiger partial charge is 0.0500 e. The van der Waals surface area contributed by atoms with Crippen LogP contribution >= 0.6 is 0 Å². The molecule has 1 fully saturated rings. The number of hydrogen-bond donors (Lipinski definition) is 1. The Balaban J connectivity index is 1.75. The Bertz CT molecular complexity index is 680. The molecule has 2 spiro atoms. The van der Waals surface area contributed by atoms with Gasteiger partial charge >= 0.3 is 0 Å². The van der Waals surface area contributed by atoms with Gasteiger partial charge in [-0.05, 0) is 49.8 Å². The Labute approximate surface area is 153 Å². The van der Waals surface area contributed by atoms with Gasteiger partial charge in [0.05, 0.1) is 0 Å². The van der Waals surface area contributed by atoms with E-state index >= 15 is 0 Å². The Morgan fingerprint density at radius 3 is 2.64 bits per heavy atom. The minimum absolute atomic E-state index is 0.178.